The van der Waals surface area contributed by atoms with Gasteiger partial charge in [0.05, 0.1) is 12.2 Å². The second kappa shape index (κ2) is 2.51. The summed E-state index contributed by atoms with van der Waals surface area (Å²) >= 11 is 0. The number of hydrogen-bond acceptors (Lipinski definition) is 2. The summed E-state index contributed by atoms with van der Waals surface area (Å²) in [7, 11) is 0. The molecule has 1 rings (SSSR count). The first-order chi connectivity index (χ1) is 4.49. The highest BCUT2D eigenvalue weighted by Crippen LogP contribution is 2.25. The fourth-order valence-corrected chi connectivity index (χ4v) is 1.89. The van der Waals surface area contributed by atoms with Crippen molar-refractivity contribution in [1.29, 1.82) is 0 Å². The Balaban J connectivity index is 2.51. The minimum Gasteiger partial charge on any atom is -0.375 e. The Labute approximate surface area is 62.7 Å². The number of ether oxygens (including phenoxy) is 1. The van der Waals surface area contributed by atoms with Crippen molar-refractivity contribution in [2.45, 2.75) is 51.4 Å². The van der Waals surface area contributed by atoms with Crippen molar-refractivity contribution in [2.24, 2.45) is 5.73 Å². The van der Waals surface area contributed by atoms with Crippen molar-refractivity contribution in [3.05, 3.63) is 0 Å². The Morgan fingerprint density at radius 1 is 1.30 bits per heavy atom. The van der Waals surface area contributed by atoms with Gasteiger partial charge in [-0.15, -0.1) is 0 Å². The zero-order valence-electron chi connectivity index (χ0n) is 7.05. The van der Waals surface area contributed by atoms with Gasteiger partial charge in [-0.25, -0.2) is 0 Å². The summed E-state index contributed by atoms with van der Waals surface area (Å²) in [5.41, 5.74) is 5.98. The van der Waals surface area contributed by atoms with Gasteiger partial charge in [-0.2, -0.15) is 0 Å². The second-order valence-corrected chi connectivity index (χ2v) is 3.82. The lowest BCUT2D eigenvalue weighted by molar-refractivity contribution is -0.0562. The van der Waals surface area contributed by atoms with E-state index in [4.69, 9.17) is 10.5 Å². The van der Waals surface area contributed by atoms with Crippen LogP contribution in [0.5, 0.6) is 0 Å². The Hall–Kier alpha value is -0.0800. The monoisotopic (exact) mass is 143 g/mol. The van der Waals surface area contributed by atoms with Crippen molar-refractivity contribution in [3.63, 3.8) is 0 Å². The molecule has 0 spiro atoms. The number of hydrogen-bond donors (Lipinski definition) is 1. The van der Waals surface area contributed by atoms with Gasteiger partial charge in [0, 0.05) is 5.54 Å². The van der Waals surface area contributed by atoms with Gasteiger partial charge in [0.2, 0.25) is 0 Å². The topological polar surface area (TPSA) is 35.2 Å². The Bertz CT molecular complexity index is 110. The van der Waals surface area contributed by atoms with E-state index >= 15 is 0 Å². The van der Waals surface area contributed by atoms with Crippen LogP contribution in [0.3, 0.4) is 0 Å². The van der Waals surface area contributed by atoms with Gasteiger partial charge in [-0.1, -0.05) is 0 Å². The fourth-order valence-electron chi connectivity index (χ4n) is 1.89. The minimum atomic E-state index is -0.00289. The molecular formula is C8H17NO. The Kier molecular flexibility index (Phi) is 2.02. The van der Waals surface area contributed by atoms with E-state index in [0.717, 1.165) is 12.8 Å². The lowest BCUT2D eigenvalue weighted by Gasteiger charge is -2.37. The Morgan fingerprint density at radius 3 is 2.00 bits per heavy atom. The van der Waals surface area contributed by atoms with E-state index in [-0.39, 0.29) is 5.54 Å². The third-order valence-electron chi connectivity index (χ3n) is 1.97. The molecule has 0 aromatic heterocycles. The summed E-state index contributed by atoms with van der Waals surface area (Å²) in [5.74, 6) is 0. The molecule has 10 heavy (non-hydrogen) atoms. The molecule has 1 heterocycles. The van der Waals surface area contributed by atoms with Crippen molar-refractivity contribution < 1.29 is 4.74 Å². The molecule has 2 unspecified atom stereocenters. The standard InChI is InChI=1S/C8H17NO/c1-6-4-8(3,9)5-7(2)10-6/h6-7H,4-5,9H2,1-3H3. The summed E-state index contributed by atoms with van der Waals surface area (Å²) in [4.78, 5) is 0. The zero-order valence-corrected chi connectivity index (χ0v) is 7.05. The first-order valence-electron chi connectivity index (χ1n) is 3.94. The molecule has 60 valence electrons. The average molecular weight is 143 g/mol. The molecule has 0 aliphatic carbocycles. The minimum absolute atomic E-state index is 0.00289. The van der Waals surface area contributed by atoms with Crippen molar-refractivity contribution in [3.8, 4) is 0 Å². The SMILES string of the molecule is CC1CC(C)(N)CC(C)O1. The molecule has 0 amide bonds. The maximum atomic E-state index is 5.98. The highest BCUT2D eigenvalue weighted by atomic mass is 16.5. The van der Waals surface area contributed by atoms with Gasteiger partial charge in [-0.05, 0) is 33.6 Å². The highest BCUT2D eigenvalue weighted by Gasteiger charge is 2.30. The molecule has 1 aliphatic heterocycles. The lowest BCUT2D eigenvalue weighted by Crippen LogP contribution is -2.47. The predicted molar refractivity (Wildman–Crippen MR) is 41.8 cm³/mol. The van der Waals surface area contributed by atoms with Crippen LogP contribution in [0.15, 0.2) is 0 Å². The van der Waals surface area contributed by atoms with Crippen LogP contribution in [0, 0.1) is 0 Å². The average Bonchev–Trinajstić information content (AvgIpc) is 1.54. The predicted octanol–water partition coefficient (Wildman–Crippen LogP) is 1.29. The van der Waals surface area contributed by atoms with Gasteiger partial charge in [0.15, 0.2) is 0 Å². The fraction of sp³-hybridized carbons (Fsp3) is 1.00. The normalized spacial score (nSPS) is 49.2. The van der Waals surface area contributed by atoms with E-state index in [0.29, 0.717) is 12.2 Å². The molecule has 2 atom stereocenters. The van der Waals surface area contributed by atoms with Gasteiger partial charge < -0.3 is 10.5 Å². The van der Waals surface area contributed by atoms with E-state index < -0.39 is 0 Å². The molecule has 0 radical (unpaired) electrons. The first kappa shape index (κ1) is 8.02. The molecule has 2 nitrogen and oxygen atoms in total. The van der Waals surface area contributed by atoms with Crippen LogP contribution >= 0.6 is 0 Å². The number of rotatable bonds is 0. The first-order valence-corrected chi connectivity index (χ1v) is 3.94. The number of nitrogens with two attached hydrogens (primary N) is 1. The van der Waals surface area contributed by atoms with Crippen LogP contribution in [-0.2, 0) is 4.74 Å². The molecule has 0 bridgehead atoms. The van der Waals surface area contributed by atoms with Crippen molar-refractivity contribution >= 4 is 0 Å². The van der Waals surface area contributed by atoms with Crippen LogP contribution < -0.4 is 5.73 Å². The molecule has 0 saturated carbocycles. The molecule has 1 saturated heterocycles. The highest BCUT2D eigenvalue weighted by molar-refractivity contribution is 4.87. The van der Waals surface area contributed by atoms with Crippen molar-refractivity contribution in [2.75, 3.05) is 0 Å². The third-order valence-corrected chi connectivity index (χ3v) is 1.97. The lowest BCUT2D eigenvalue weighted by atomic mass is 9.87. The Morgan fingerprint density at radius 2 is 1.70 bits per heavy atom. The molecule has 0 aromatic carbocycles. The maximum absolute atomic E-state index is 5.98. The van der Waals surface area contributed by atoms with Gasteiger partial charge in [-0.3, -0.25) is 0 Å². The maximum Gasteiger partial charge on any atom is 0.0568 e. The van der Waals surface area contributed by atoms with E-state index in [9.17, 15) is 0 Å². The van der Waals surface area contributed by atoms with Crippen LogP contribution in [0.2, 0.25) is 0 Å². The molecule has 0 aromatic rings. The summed E-state index contributed by atoms with van der Waals surface area (Å²) in [5, 5.41) is 0. The van der Waals surface area contributed by atoms with Crippen LogP contribution in [0.1, 0.15) is 33.6 Å². The van der Waals surface area contributed by atoms with E-state index in [1.807, 2.05) is 0 Å². The van der Waals surface area contributed by atoms with Gasteiger partial charge >= 0.3 is 0 Å². The molecular weight excluding hydrogens is 126 g/mol. The smallest absolute Gasteiger partial charge is 0.0568 e. The van der Waals surface area contributed by atoms with E-state index in [2.05, 4.69) is 20.8 Å². The summed E-state index contributed by atoms with van der Waals surface area (Å²) < 4.78 is 5.54. The zero-order chi connectivity index (χ0) is 7.78. The molecule has 2 N–H and O–H groups in total. The second-order valence-electron chi connectivity index (χ2n) is 3.82. The summed E-state index contributed by atoms with van der Waals surface area (Å²) in [6.45, 7) is 6.27. The van der Waals surface area contributed by atoms with Crippen LogP contribution in [0.4, 0.5) is 0 Å². The molecule has 2 heteroatoms. The van der Waals surface area contributed by atoms with Crippen molar-refractivity contribution in [1.82, 2.24) is 0 Å². The molecule has 1 fully saturated rings. The molecule has 1 aliphatic rings. The van der Waals surface area contributed by atoms with Gasteiger partial charge in [0.1, 0.15) is 0 Å². The summed E-state index contributed by atoms with van der Waals surface area (Å²) in [6.07, 6.45) is 2.63. The largest absolute Gasteiger partial charge is 0.375 e. The third kappa shape index (κ3) is 1.96. The quantitative estimate of drug-likeness (QED) is 0.554. The van der Waals surface area contributed by atoms with Crippen LogP contribution in [0.25, 0.3) is 0 Å². The summed E-state index contributed by atoms with van der Waals surface area (Å²) in [6, 6.07) is 0. The van der Waals surface area contributed by atoms with Gasteiger partial charge in [0.25, 0.3) is 0 Å². The van der Waals surface area contributed by atoms with E-state index in [1.165, 1.54) is 0 Å². The van der Waals surface area contributed by atoms with Crippen LogP contribution in [-0.4, -0.2) is 17.7 Å². The van der Waals surface area contributed by atoms with E-state index in [1.54, 1.807) is 0 Å².